The molecule has 0 unspecified atom stereocenters. The van der Waals surface area contributed by atoms with Crippen molar-refractivity contribution < 1.29 is 18.3 Å². The van der Waals surface area contributed by atoms with Crippen LogP contribution in [0.5, 0.6) is 0 Å². The predicted molar refractivity (Wildman–Crippen MR) is 35.0 cm³/mol. The van der Waals surface area contributed by atoms with Crippen LogP contribution in [0, 0.1) is 0 Å². The van der Waals surface area contributed by atoms with E-state index < -0.39 is 24.4 Å². The predicted octanol–water partition coefficient (Wildman–Crippen LogP) is 1.73. The van der Waals surface area contributed by atoms with Crippen LogP contribution in [0.2, 0.25) is 0 Å². The fourth-order valence-corrected chi connectivity index (χ4v) is 0.486. The Morgan fingerprint density at radius 3 is 2.27 bits per heavy atom. The third-order valence-electron chi connectivity index (χ3n) is 1.17. The minimum Gasteiger partial charge on any atom is -0.511 e. The van der Waals surface area contributed by atoms with Crippen molar-refractivity contribution in [2.24, 2.45) is 5.73 Å². The van der Waals surface area contributed by atoms with E-state index in [4.69, 9.17) is 10.8 Å². The largest absolute Gasteiger partial charge is 0.511 e. The Bertz CT molecular complexity index is 143. The molecule has 0 amide bonds. The van der Waals surface area contributed by atoms with Crippen LogP contribution < -0.4 is 5.73 Å². The molecule has 11 heavy (non-hydrogen) atoms. The lowest BCUT2D eigenvalue weighted by Gasteiger charge is -2.10. The van der Waals surface area contributed by atoms with Crippen molar-refractivity contribution in [1.29, 1.82) is 0 Å². The molecule has 0 aromatic carbocycles. The minimum absolute atomic E-state index is 0.321. The highest BCUT2D eigenvalue weighted by Crippen LogP contribution is 2.22. The second-order valence-electron chi connectivity index (χ2n) is 2.25. The van der Waals surface area contributed by atoms with E-state index >= 15 is 0 Å². The minimum atomic E-state index is -4.22. The van der Waals surface area contributed by atoms with Crippen LogP contribution in [0.3, 0.4) is 0 Å². The van der Waals surface area contributed by atoms with E-state index in [2.05, 4.69) is 6.58 Å². The van der Waals surface area contributed by atoms with Gasteiger partial charge in [0.2, 0.25) is 0 Å². The average Bonchev–Trinajstić information content (AvgIpc) is 1.80. The first-order valence-electron chi connectivity index (χ1n) is 3.03. The molecule has 2 nitrogen and oxygen atoms in total. The molecule has 0 aromatic heterocycles. The Hall–Kier alpha value is -0.710. The molecule has 0 bridgehead atoms. The molecule has 0 aliphatic carbocycles. The Balaban J connectivity index is 3.63. The van der Waals surface area contributed by atoms with Crippen LogP contribution in [-0.4, -0.2) is 17.3 Å². The van der Waals surface area contributed by atoms with Gasteiger partial charge in [-0.2, -0.15) is 13.2 Å². The zero-order valence-electron chi connectivity index (χ0n) is 5.86. The fourth-order valence-electron chi connectivity index (χ4n) is 0.486. The second-order valence-corrected chi connectivity index (χ2v) is 2.25. The van der Waals surface area contributed by atoms with Gasteiger partial charge in [-0.05, 0) is 6.42 Å². The molecule has 5 heteroatoms. The number of aliphatic hydroxyl groups is 1. The Morgan fingerprint density at radius 1 is 1.55 bits per heavy atom. The number of alkyl halides is 3. The highest BCUT2D eigenvalue weighted by atomic mass is 19.4. The summed E-state index contributed by atoms with van der Waals surface area (Å²) < 4.78 is 34.5. The normalized spacial score (nSPS) is 14.5. The van der Waals surface area contributed by atoms with Crippen LogP contribution in [-0.2, 0) is 0 Å². The summed E-state index contributed by atoms with van der Waals surface area (Å²) in [5.41, 5.74) is 5.07. The molecule has 0 saturated carbocycles. The van der Waals surface area contributed by atoms with Gasteiger partial charge < -0.3 is 10.8 Å². The molecule has 0 fully saturated rings. The Labute approximate surface area is 62.5 Å². The molecular formula is C6H10F3NO. The van der Waals surface area contributed by atoms with E-state index in [9.17, 15) is 13.2 Å². The molecular weight excluding hydrogens is 159 g/mol. The summed E-state index contributed by atoms with van der Waals surface area (Å²) in [5.74, 6) is -0.408. The molecule has 66 valence electrons. The van der Waals surface area contributed by atoms with E-state index in [1.165, 1.54) is 0 Å². The van der Waals surface area contributed by atoms with Gasteiger partial charge in [-0.3, -0.25) is 0 Å². The summed E-state index contributed by atoms with van der Waals surface area (Å²) in [7, 11) is 0. The van der Waals surface area contributed by atoms with Crippen LogP contribution >= 0.6 is 0 Å². The van der Waals surface area contributed by atoms with Crippen LogP contribution in [0.15, 0.2) is 12.3 Å². The highest BCUT2D eigenvalue weighted by Gasteiger charge is 2.27. The summed E-state index contributed by atoms with van der Waals surface area (Å²) in [5, 5.41) is 8.53. The van der Waals surface area contributed by atoms with Crippen molar-refractivity contribution in [2.45, 2.75) is 25.1 Å². The monoisotopic (exact) mass is 169 g/mol. The zero-order chi connectivity index (χ0) is 9.07. The van der Waals surface area contributed by atoms with Gasteiger partial charge in [-0.15, -0.1) is 0 Å². The van der Waals surface area contributed by atoms with Gasteiger partial charge in [0, 0.05) is 6.42 Å². The molecule has 0 aliphatic rings. The van der Waals surface area contributed by atoms with Crippen molar-refractivity contribution in [3.05, 3.63) is 12.3 Å². The van der Waals surface area contributed by atoms with E-state index in [1.54, 1.807) is 0 Å². The summed E-state index contributed by atoms with van der Waals surface area (Å²) in [4.78, 5) is 0. The smallest absolute Gasteiger partial charge is 0.389 e. The summed E-state index contributed by atoms with van der Waals surface area (Å²) in [6, 6.07) is -0.975. The van der Waals surface area contributed by atoms with E-state index in [0.717, 1.165) is 0 Å². The number of rotatable bonds is 3. The number of nitrogens with two attached hydrogens (primary N) is 1. The quantitative estimate of drug-likeness (QED) is 0.632. The van der Waals surface area contributed by atoms with Gasteiger partial charge in [0.25, 0.3) is 0 Å². The molecule has 0 radical (unpaired) electrons. The van der Waals surface area contributed by atoms with E-state index in [-0.39, 0.29) is 6.42 Å². The van der Waals surface area contributed by atoms with Crippen molar-refractivity contribution >= 4 is 0 Å². The van der Waals surface area contributed by atoms with Crippen molar-refractivity contribution in [3.63, 3.8) is 0 Å². The number of halogens is 3. The molecule has 0 rings (SSSR count). The first kappa shape index (κ1) is 10.3. The first-order chi connectivity index (χ1) is 4.83. The molecule has 3 N–H and O–H groups in total. The maximum absolute atomic E-state index is 11.5. The lowest BCUT2D eigenvalue weighted by atomic mass is 10.1. The lowest BCUT2D eigenvalue weighted by Crippen LogP contribution is -2.24. The highest BCUT2D eigenvalue weighted by molar-refractivity contribution is 4.92. The van der Waals surface area contributed by atoms with Crippen LogP contribution in [0.25, 0.3) is 0 Å². The topological polar surface area (TPSA) is 46.2 Å². The zero-order valence-corrected chi connectivity index (χ0v) is 5.86. The third-order valence-corrected chi connectivity index (χ3v) is 1.17. The molecule has 0 aliphatic heterocycles. The van der Waals surface area contributed by atoms with Crippen LogP contribution in [0.1, 0.15) is 12.8 Å². The van der Waals surface area contributed by atoms with Gasteiger partial charge in [0.1, 0.15) is 5.76 Å². The maximum Gasteiger partial charge on any atom is 0.389 e. The van der Waals surface area contributed by atoms with Gasteiger partial charge in [-0.25, -0.2) is 0 Å². The fraction of sp³-hybridized carbons (Fsp3) is 0.667. The van der Waals surface area contributed by atoms with Crippen molar-refractivity contribution in [3.8, 4) is 0 Å². The molecule has 0 heterocycles. The van der Waals surface area contributed by atoms with Gasteiger partial charge >= 0.3 is 6.18 Å². The third kappa shape index (κ3) is 5.72. The molecule has 0 spiro atoms. The molecule has 0 aromatic rings. The van der Waals surface area contributed by atoms with E-state index in [0.29, 0.717) is 0 Å². The SMILES string of the molecule is C=C(O)[C@@H](N)CCC(F)(F)F. The van der Waals surface area contributed by atoms with Gasteiger partial charge in [0.05, 0.1) is 6.04 Å². The second kappa shape index (κ2) is 3.61. The Kier molecular flexibility index (Phi) is 3.38. The Morgan fingerprint density at radius 2 is 2.00 bits per heavy atom. The van der Waals surface area contributed by atoms with Gasteiger partial charge in [0.15, 0.2) is 0 Å². The van der Waals surface area contributed by atoms with Gasteiger partial charge in [-0.1, -0.05) is 6.58 Å². The average molecular weight is 169 g/mol. The summed E-state index contributed by atoms with van der Waals surface area (Å²) in [6.07, 6.45) is -5.53. The van der Waals surface area contributed by atoms with Crippen LogP contribution in [0.4, 0.5) is 13.2 Å². The first-order valence-corrected chi connectivity index (χ1v) is 3.03. The standard InChI is InChI=1S/C6H10F3NO/c1-4(11)5(10)2-3-6(7,8)9/h5,11H,1-3,10H2/t5-/m0/s1. The number of hydrogen-bond donors (Lipinski definition) is 2. The molecule has 0 saturated heterocycles. The van der Waals surface area contributed by atoms with Crippen molar-refractivity contribution in [2.75, 3.05) is 0 Å². The lowest BCUT2D eigenvalue weighted by molar-refractivity contribution is -0.136. The number of hydrogen-bond acceptors (Lipinski definition) is 2. The van der Waals surface area contributed by atoms with Crippen molar-refractivity contribution in [1.82, 2.24) is 0 Å². The molecule has 1 atom stereocenters. The summed E-state index contributed by atoms with van der Waals surface area (Å²) in [6.45, 7) is 3.02. The summed E-state index contributed by atoms with van der Waals surface area (Å²) >= 11 is 0. The maximum atomic E-state index is 11.5. The number of aliphatic hydroxyl groups excluding tert-OH is 1. The van der Waals surface area contributed by atoms with E-state index in [1.807, 2.05) is 0 Å².